The van der Waals surface area contributed by atoms with Gasteiger partial charge in [0.05, 0.1) is 12.8 Å². The molecule has 0 atom stereocenters. The number of benzene rings is 1. The SMILES string of the molecule is COc1c(C)cc(Cl)cc1NC(C)(C)C(=O)O. The Morgan fingerprint density at radius 2 is 2.06 bits per heavy atom. The molecule has 0 aromatic heterocycles. The Hall–Kier alpha value is -1.42. The number of anilines is 1. The number of hydrogen-bond donors (Lipinski definition) is 2. The number of hydrogen-bond acceptors (Lipinski definition) is 3. The molecule has 0 aliphatic rings. The molecular weight excluding hydrogens is 242 g/mol. The maximum absolute atomic E-state index is 11.1. The van der Waals surface area contributed by atoms with E-state index < -0.39 is 11.5 Å². The van der Waals surface area contributed by atoms with Crippen LogP contribution in [0.15, 0.2) is 12.1 Å². The molecule has 1 aromatic rings. The molecule has 0 heterocycles. The Bertz CT molecular complexity index is 444. The van der Waals surface area contributed by atoms with Crippen molar-refractivity contribution < 1.29 is 14.6 Å². The number of rotatable bonds is 4. The summed E-state index contributed by atoms with van der Waals surface area (Å²) < 4.78 is 5.24. The van der Waals surface area contributed by atoms with E-state index in [1.807, 2.05) is 6.92 Å². The van der Waals surface area contributed by atoms with Gasteiger partial charge in [0.25, 0.3) is 0 Å². The van der Waals surface area contributed by atoms with Crippen LogP contribution < -0.4 is 10.1 Å². The minimum absolute atomic E-state index is 0.534. The number of carboxylic acids is 1. The second-order valence-corrected chi connectivity index (χ2v) is 4.80. The van der Waals surface area contributed by atoms with Crippen LogP contribution in [0.3, 0.4) is 0 Å². The molecule has 2 N–H and O–H groups in total. The zero-order valence-electron chi connectivity index (χ0n) is 10.3. The number of nitrogens with one attached hydrogen (secondary N) is 1. The van der Waals surface area contributed by atoms with Crippen LogP contribution in [0.4, 0.5) is 5.69 Å². The smallest absolute Gasteiger partial charge is 0.328 e. The van der Waals surface area contributed by atoms with Gasteiger partial charge in [0.15, 0.2) is 0 Å². The number of carboxylic acid groups (broad SMARTS) is 1. The third kappa shape index (κ3) is 3.03. The summed E-state index contributed by atoms with van der Waals surface area (Å²) in [5.41, 5.74) is 0.332. The number of halogens is 1. The third-order valence-electron chi connectivity index (χ3n) is 2.43. The fourth-order valence-electron chi connectivity index (χ4n) is 1.48. The highest BCUT2D eigenvalue weighted by Crippen LogP contribution is 2.33. The molecule has 0 saturated heterocycles. The fraction of sp³-hybridized carbons (Fsp3) is 0.417. The Kier molecular flexibility index (Phi) is 3.88. The van der Waals surface area contributed by atoms with E-state index in [9.17, 15) is 4.79 Å². The van der Waals surface area contributed by atoms with E-state index in [0.717, 1.165) is 5.56 Å². The van der Waals surface area contributed by atoms with Crippen molar-refractivity contribution in [2.75, 3.05) is 12.4 Å². The van der Waals surface area contributed by atoms with Crippen molar-refractivity contribution in [2.45, 2.75) is 26.3 Å². The topological polar surface area (TPSA) is 58.6 Å². The number of methoxy groups -OCH3 is 1. The van der Waals surface area contributed by atoms with Crippen LogP contribution in [0.5, 0.6) is 5.75 Å². The third-order valence-corrected chi connectivity index (χ3v) is 2.64. The van der Waals surface area contributed by atoms with Gasteiger partial charge >= 0.3 is 5.97 Å². The summed E-state index contributed by atoms with van der Waals surface area (Å²) in [5, 5.41) is 12.5. The largest absolute Gasteiger partial charge is 0.494 e. The summed E-state index contributed by atoms with van der Waals surface area (Å²) in [6.45, 7) is 5.00. The predicted molar refractivity (Wildman–Crippen MR) is 68.1 cm³/mol. The summed E-state index contributed by atoms with van der Waals surface area (Å²) in [7, 11) is 1.54. The first-order chi connectivity index (χ1) is 7.77. The van der Waals surface area contributed by atoms with E-state index in [0.29, 0.717) is 16.5 Å². The van der Waals surface area contributed by atoms with Crippen molar-refractivity contribution in [3.05, 3.63) is 22.7 Å². The average Bonchev–Trinajstić information content (AvgIpc) is 2.15. The predicted octanol–water partition coefficient (Wildman–Crippen LogP) is 2.93. The van der Waals surface area contributed by atoms with Gasteiger partial charge in [-0.1, -0.05) is 11.6 Å². The first-order valence-electron chi connectivity index (χ1n) is 5.13. The van der Waals surface area contributed by atoms with Crippen LogP contribution in [-0.4, -0.2) is 23.7 Å². The number of carbonyl (C=O) groups is 1. The molecule has 0 aliphatic heterocycles. The molecule has 4 nitrogen and oxygen atoms in total. The van der Waals surface area contributed by atoms with E-state index in [1.54, 1.807) is 26.0 Å². The van der Waals surface area contributed by atoms with Crippen molar-refractivity contribution >= 4 is 23.3 Å². The van der Waals surface area contributed by atoms with Crippen LogP contribution in [0.1, 0.15) is 19.4 Å². The van der Waals surface area contributed by atoms with Crippen molar-refractivity contribution in [1.29, 1.82) is 0 Å². The highest BCUT2D eigenvalue weighted by Gasteiger charge is 2.28. The Balaban J connectivity index is 3.18. The van der Waals surface area contributed by atoms with Gasteiger partial charge in [0, 0.05) is 5.02 Å². The summed E-state index contributed by atoms with van der Waals surface area (Å²) in [4.78, 5) is 11.1. The second-order valence-electron chi connectivity index (χ2n) is 4.36. The average molecular weight is 258 g/mol. The van der Waals surface area contributed by atoms with Crippen molar-refractivity contribution in [2.24, 2.45) is 0 Å². The fourth-order valence-corrected chi connectivity index (χ4v) is 1.76. The van der Waals surface area contributed by atoms with Crippen LogP contribution in [0, 0.1) is 6.92 Å². The van der Waals surface area contributed by atoms with Gasteiger partial charge in [-0.2, -0.15) is 0 Å². The summed E-state index contributed by atoms with van der Waals surface area (Å²) in [5.74, 6) is -0.346. The lowest BCUT2D eigenvalue weighted by molar-refractivity contribution is -0.141. The molecular formula is C12H16ClNO3. The lowest BCUT2D eigenvalue weighted by Gasteiger charge is -2.24. The van der Waals surface area contributed by atoms with Crippen LogP contribution in [-0.2, 0) is 4.79 Å². The Labute approximate surface area is 106 Å². The van der Waals surface area contributed by atoms with Crippen molar-refractivity contribution in [1.82, 2.24) is 0 Å². The minimum Gasteiger partial charge on any atom is -0.494 e. The van der Waals surface area contributed by atoms with Gasteiger partial charge in [-0.15, -0.1) is 0 Å². The van der Waals surface area contributed by atoms with Gasteiger partial charge < -0.3 is 15.2 Å². The molecule has 0 fully saturated rings. The van der Waals surface area contributed by atoms with Gasteiger partial charge in [-0.05, 0) is 38.5 Å². The number of aliphatic carboxylic acids is 1. The van der Waals surface area contributed by atoms with Gasteiger partial charge in [-0.25, -0.2) is 4.79 Å². The Morgan fingerprint density at radius 1 is 1.47 bits per heavy atom. The maximum Gasteiger partial charge on any atom is 0.328 e. The molecule has 0 unspecified atom stereocenters. The standard InChI is InChI=1S/C12H16ClNO3/c1-7-5-8(13)6-9(10(7)17-4)14-12(2,3)11(15)16/h5-6,14H,1-4H3,(H,15,16). The van der Waals surface area contributed by atoms with Gasteiger partial charge in [0.1, 0.15) is 11.3 Å². The van der Waals surface area contributed by atoms with E-state index >= 15 is 0 Å². The molecule has 0 bridgehead atoms. The summed E-state index contributed by atoms with van der Waals surface area (Å²) in [6, 6.07) is 3.41. The van der Waals surface area contributed by atoms with Crippen LogP contribution in [0.25, 0.3) is 0 Å². The first-order valence-corrected chi connectivity index (χ1v) is 5.51. The lowest BCUT2D eigenvalue weighted by Crippen LogP contribution is -2.40. The normalized spacial score (nSPS) is 11.1. The van der Waals surface area contributed by atoms with Crippen LogP contribution in [0.2, 0.25) is 5.02 Å². The zero-order valence-corrected chi connectivity index (χ0v) is 11.1. The highest BCUT2D eigenvalue weighted by molar-refractivity contribution is 6.31. The molecule has 0 saturated carbocycles. The van der Waals surface area contributed by atoms with E-state index in [2.05, 4.69) is 5.32 Å². The molecule has 94 valence electrons. The Morgan fingerprint density at radius 3 is 2.53 bits per heavy atom. The number of ether oxygens (including phenoxy) is 1. The number of aryl methyl sites for hydroxylation is 1. The second kappa shape index (κ2) is 4.84. The van der Waals surface area contributed by atoms with Crippen molar-refractivity contribution in [3.8, 4) is 5.75 Å². The molecule has 5 heteroatoms. The van der Waals surface area contributed by atoms with E-state index in [1.165, 1.54) is 7.11 Å². The molecule has 17 heavy (non-hydrogen) atoms. The van der Waals surface area contributed by atoms with Crippen LogP contribution >= 0.6 is 11.6 Å². The van der Waals surface area contributed by atoms with E-state index in [4.69, 9.17) is 21.4 Å². The molecule has 0 amide bonds. The highest BCUT2D eigenvalue weighted by atomic mass is 35.5. The molecule has 1 aromatic carbocycles. The minimum atomic E-state index is -1.09. The van der Waals surface area contributed by atoms with E-state index in [-0.39, 0.29) is 0 Å². The molecule has 0 spiro atoms. The van der Waals surface area contributed by atoms with Gasteiger partial charge in [-0.3, -0.25) is 0 Å². The first kappa shape index (κ1) is 13.6. The monoisotopic (exact) mass is 257 g/mol. The maximum atomic E-state index is 11.1. The molecule has 0 radical (unpaired) electrons. The lowest BCUT2D eigenvalue weighted by atomic mass is 10.0. The van der Waals surface area contributed by atoms with Gasteiger partial charge in [0.2, 0.25) is 0 Å². The molecule has 0 aliphatic carbocycles. The summed E-state index contributed by atoms with van der Waals surface area (Å²) in [6.07, 6.45) is 0. The van der Waals surface area contributed by atoms with Crippen molar-refractivity contribution in [3.63, 3.8) is 0 Å². The zero-order chi connectivity index (χ0) is 13.2. The summed E-state index contributed by atoms with van der Waals surface area (Å²) >= 11 is 5.94. The quantitative estimate of drug-likeness (QED) is 0.871. The molecule has 1 rings (SSSR count).